The van der Waals surface area contributed by atoms with Gasteiger partial charge in [0, 0.05) is 0 Å². The van der Waals surface area contributed by atoms with Crippen molar-refractivity contribution in [2.45, 2.75) is 77.4 Å². The number of esters is 1. The van der Waals surface area contributed by atoms with Crippen molar-refractivity contribution in [2.75, 3.05) is 0 Å². The van der Waals surface area contributed by atoms with Gasteiger partial charge in [-0.3, -0.25) is 0 Å². The number of hydrogen-bond acceptors (Lipinski definition) is 4. The van der Waals surface area contributed by atoms with Crippen LogP contribution in [0, 0.1) is 11.5 Å². The van der Waals surface area contributed by atoms with Crippen LogP contribution in [0.1, 0.15) is 46.3 Å². The highest BCUT2D eigenvalue weighted by molar-refractivity contribution is 6.83. The number of benzene rings is 1. The van der Waals surface area contributed by atoms with Crippen LogP contribution in [0.25, 0.3) is 0 Å². The largest absolute Gasteiger partial charge is 0.457 e. The number of hydrogen-bond donors (Lipinski definition) is 0. The Balaban J connectivity index is 2.62. The van der Waals surface area contributed by atoms with E-state index in [9.17, 15) is 4.79 Å². The first-order valence-corrected chi connectivity index (χ1v) is 12.4. The van der Waals surface area contributed by atoms with Gasteiger partial charge in [0.15, 0.2) is 5.79 Å². The zero-order valence-corrected chi connectivity index (χ0v) is 18.1. The minimum absolute atomic E-state index is 0.504. The molecule has 1 heterocycles. The second-order valence-electron chi connectivity index (χ2n) is 9.15. The van der Waals surface area contributed by atoms with Gasteiger partial charge in [-0.05, 0) is 40.2 Å². The second-order valence-corrected chi connectivity index (χ2v) is 13.9. The van der Waals surface area contributed by atoms with Crippen molar-refractivity contribution in [1.82, 2.24) is 0 Å². The van der Waals surface area contributed by atoms with Gasteiger partial charge in [0.2, 0.25) is 0 Å². The molecular weight excluding hydrogens is 344 g/mol. The highest BCUT2D eigenvalue weighted by atomic mass is 28.3. The molecule has 1 saturated heterocycles. The smallest absolute Gasteiger partial charge is 0.355 e. The minimum atomic E-state index is -1.76. The Morgan fingerprint density at radius 1 is 1.15 bits per heavy atom. The normalized spacial score (nSPS) is 25.3. The molecule has 1 fully saturated rings. The molecule has 0 saturated carbocycles. The quantitative estimate of drug-likeness (QED) is 0.435. The van der Waals surface area contributed by atoms with E-state index in [0.717, 1.165) is 5.56 Å². The molecule has 1 aliphatic rings. The maximum atomic E-state index is 13.3. The lowest BCUT2D eigenvalue weighted by molar-refractivity contribution is -0.188. The molecule has 0 bridgehead atoms. The summed E-state index contributed by atoms with van der Waals surface area (Å²) >= 11 is 0. The molecule has 0 aliphatic carbocycles. The summed E-state index contributed by atoms with van der Waals surface area (Å²) in [6.07, 6.45) is -0.655. The second kappa shape index (κ2) is 6.84. The average Bonchev–Trinajstić information content (AvgIpc) is 2.76. The Morgan fingerprint density at radius 3 is 2.23 bits per heavy atom. The third kappa shape index (κ3) is 4.97. The molecule has 1 aromatic carbocycles. The molecule has 142 valence electrons. The summed E-state index contributed by atoms with van der Waals surface area (Å²) in [4.78, 5) is 13.3. The van der Waals surface area contributed by atoms with Gasteiger partial charge in [0.25, 0.3) is 5.60 Å². The average molecular weight is 375 g/mol. The summed E-state index contributed by atoms with van der Waals surface area (Å²) < 4.78 is 18.0. The van der Waals surface area contributed by atoms with Gasteiger partial charge in [0.1, 0.15) is 19.8 Å². The maximum Gasteiger partial charge on any atom is 0.355 e. The van der Waals surface area contributed by atoms with Crippen LogP contribution in [-0.2, 0) is 19.0 Å². The molecule has 0 unspecified atom stereocenters. The van der Waals surface area contributed by atoms with Gasteiger partial charge in [-0.2, -0.15) is 0 Å². The zero-order valence-electron chi connectivity index (χ0n) is 17.1. The monoisotopic (exact) mass is 374 g/mol. The molecule has 0 N–H and O–H groups in total. The standard InChI is InChI=1S/C21H30O4Si/c1-19(2,3)24-18(22)21(14-15-26(6,7)8)17(23-20(4,5)25-21)16-12-10-9-11-13-16/h9-13,17H,1-8H3/t17-,21+/m1/s1. The molecule has 0 spiro atoms. The molecule has 26 heavy (non-hydrogen) atoms. The van der Waals surface area contributed by atoms with E-state index in [1.54, 1.807) is 13.8 Å². The minimum Gasteiger partial charge on any atom is -0.457 e. The fourth-order valence-electron chi connectivity index (χ4n) is 2.69. The summed E-state index contributed by atoms with van der Waals surface area (Å²) in [6, 6.07) is 9.59. The van der Waals surface area contributed by atoms with Crippen molar-refractivity contribution in [3.8, 4) is 11.5 Å². The van der Waals surface area contributed by atoms with Gasteiger partial charge in [-0.1, -0.05) is 55.9 Å². The molecule has 0 amide bonds. The first kappa shape index (κ1) is 20.7. The van der Waals surface area contributed by atoms with E-state index in [0.29, 0.717) is 0 Å². The highest BCUT2D eigenvalue weighted by Gasteiger charge is 2.60. The van der Waals surface area contributed by atoms with Gasteiger partial charge < -0.3 is 14.2 Å². The van der Waals surface area contributed by atoms with Crippen LogP contribution in [0.4, 0.5) is 0 Å². The van der Waals surface area contributed by atoms with Crippen molar-refractivity contribution in [3.05, 3.63) is 35.9 Å². The van der Waals surface area contributed by atoms with Crippen molar-refractivity contribution in [3.63, 3.8) is 0 Å². The van der Waals surface area contributed by atoms with Crippen LogP contribution in [0.5, 0.6) is 0 Å². The van der Waals surface area contributed by atoms with Crippen molar-refractivity contribution in [1.29, 1.82) is 0 Å². The summed E-state index contributed by atoms with van der Waals surface area (Å²) in [7, 11) is -1.76. The van der Waals surface area contributed by atoms with E-state index < -0.39 is 37.1 Å². The molecule has 2 atom stereocenters. The van der Waals surface area contributed by atoms with E-state index in [1.807, 2.05) is 51.1 Å². The summed E-state index contributed by atoms with van der Waals surface area (Å²) in [5.41, 5.74) is 2.00. The number of carbonyl (C=O) groups excluding carboxylic acids is 1. The van der Waals surface area contributed by atoms with Crippen LogP contribution in [0.2, 0.25) is 19.6 Å². The Bertz CT molecular complexity index is 716. The van der Waals surface area contributed by atoms with Crippen molar-refractivity contribution in [2.24, 2.45) is 0 Å². The molecule has 0 aromatic heterocycles. The highest BCUT2D eigenvalue weighted by Crippen LogP contribution is 2.46. The topological polar surface area (TPSA) is 44.8 Å². The Hall–Kier alpha value is -1.61. The van der Waals surface area contributed by atoms with Crippen LogP contribution in [0.15, 0.2) is 30.3 Å². The van der Waals surface area contributed by atoms with Crippen LogP contribution < -0.4 is 0 Å². The molecule has 1 aliphatic heterocycles. The van der Waals surface area contributed by atoms with E-state index in [1.165, 1.54) is 0 Å². The van der Waals surface area contributed by atoms with E-state index in [2.05, 4.69) is 31.1 Å². The van der Waals surface area contributed by atoms with Crippen molar-refractivity contribution < 1.29 is 19.0 Å². The van der Waals surface area contributed by atoms with E-state index in [4.69, 9.17) is 14.2 Å². The van der Waals surface area contributed by atoms with Crippen LogP contribution in [-0.4, -0.2) is 31.0 Å². The summed E-state index contributed by atoms with van der Waals surface area (Å²) in [5, 5.41) is 0. The third-order valence-electron chi connectivity index (χ3n) is 3.61. The third-order valence-corrected chi connectivity index (χ3v) is 4.48. The molecular formula is C21H30O4Si. The van der Waals surface area contributed by atoms with Gasteiger partial charge in [-0.25, -0.2) is 4.79 Å². The van der Waals surface area contributed by atoms with Gasteiger partial charge in [0.05, 0.1) is 0 Å². The van der Waals surface area contributed by atoms with E-state index >= 15 is 0 Å². The Morgan fingerprint density at radius 2 is 1.73 bits per heavy atom. The first-order valence-electron chi connectivity index (χ1n) is 8.95. The number of rotatable bonds is 2. The summed E-state index contributed by atoms with van der Waals surface area (Å²) in [6.45, 7) is 15.5. The number of ether oxygens (including phenoxy) is 3. The van der Waals surface area contributed by atoms with Crippen molar-refractivity contribution >= 4 is 14.0 Å². The lowest BCUT2D eigenvalue weighted by Crippen LogP contribution is -2.47. The maximum absolute atomic E-state index is 13.3. The van der Waals surface area contributed by atoms with Gasteiger partial charge >= 0.3 is 5.97 Å². The zero-order chi connectivity index (χ0) is 19.8. The number of carbonyl (C=O) groups is 1. The Labute approximate surface area is 158 Å². The molecule has 4 nitrogen and oxygen atoms in total. The lowest BCUT2D eigenvalue weighted by atomic mass is 9.91. The SMILES string of the molecule is CC(C)(C)OC(=O)[C@@]1(C#C[Si](C)(C)C)OC(C)(C)O[C@@H]1c1ccccc1. The predicted octanol–water partition coefficient (Wildman–Crippen LogP) is 4.47. The van der Waals surface area contributed by atoms with Gasteiger partial charge in [-0.15, -0.1) is 5.54 Å². The first-order chi connectivity index (χ1) is 11.7. The van der Waals surface area contributed by atoms with Crippen LogP contribution >= 0.6 is 0 Å². The molecule has 1 aromatic rings. The predicted molar refractivity (Wildman–Crippen MR) is 105 cm³/mol. The molecule has 5 heteroatoms. The van der Waals surface area contributed by atoms with E-state index in [-0.39, 0.29) is 0 Å². The summed E-state index contributed by atoms with van der Waals surface area (Å²) in [5.74, 6) is 1.69. The fourth-order valence-corrected chi connectivity index (χ4v) is 3.25. The Kier molecular flexibility index (Phi) is 5.45. The van der Waals surface area contributed by atoms with Crippen LogP contribution in [0.3, 0.4) is 0 Å². The fraction of sp³-hybridized carbons (Fsp3) is 0.571. The molecule has 2 rings (SSSR count). The lowest BCUT2D eigenvalue weighted by Gasteiger charge is -2.30. The molecule has 0 radical (unpaired) electrons.